The van der Waals surface area contributed by atoms with Gasteiger partial charge in [-0.2, -0.15) is 0 Å². The Bertz CT molecular complexity index is 371. The molecule has 0 bridgehead atoms. The van der Waals surface area contributed by atoms with Crippen molar-refractivity contribution in [3.8, 4) is 0 Å². The Kier molecular flexibility index (Phi) is 7.02. The van der Waals surface area contributed by atoms with E-state index in [-0.39, 0.29) is 6.04 Å². The summed E-state index contributed by atoms with van der Waals surface area (Å²) in [6.07, 6.45) is 0.876. The van der Waals surface area contributed by atoms with E-state index >= 15 is 0 Å². The highest BCUT2D eigenvalue weighted by Crippen LogP contribution is 2.18. The van der Waals surface area contributed by atoms with E-state index in [2.05, 4.69) is 38.3 Å². The lowest BCUT2D eigenvalue weighted by atomic mass is 9.95. The van der Waals surface area contributed by atoms with Crippen molar-refractivity contribution < 1.29 is 9.47 Å². The monoisotopic (exact) mass is 266 g/mol. The number of aryl methyl sites for hydroxylation is 3. The van der Waals surface area contributed by atoms with E-state index < -0.39 is 0 Å². The van der Waals surface area contributed by atoms with E-state index in [4.69, 9.17) is 15.3 Å². The Hall–Kier alpha value is -0.940. The largest absolute Gasteiger partial charge is 0.382 e. The van der Waals surface area contributed by atoms with Crippen molar-refractivity contribution >= 4 is 0 Å². The molecule has 4 heteroatoms. The predicted octanol–water partition coefficient (Wildman–Crippen LogP) is 1.65. The van der Waals surface area contributed by atoms with Gasteiger partial charge < -0.3 is 9.47 Å². The zero-order valence-corrected chi connectivity index (χ0v) is 12.5. The van der Waals surface area contributed by atoms with E-state index in [0.29, 0.717) is 19.8 Å². The minimum Gasteiger partial charge on any atom is -0.382 e. The third-order valence-corrected chi connectivity index (χ3v) is 3.28. The van der Waals surface area contributed by atoms with Crippen molar-refractivity contribution in [2.24, 2.45) is 5.84 Å². The quantitative estimate of drug-likeness (QED) is 0.427. The van der Waals surface area contributed by atoms with Gasteiger partial charge in [-0.15, -0.1) is 0 Å². The molecule has 0 aliphatic carbocycles. The second-order valence-electron chi connectivity index (χ2n) is 5.01. The fourth-order valence-corrected chi connectivity index (χ4v) is 2.31. The molecule has 0 aliphatic heterocycles. The maximum Gasteiger partial charge on any atom is 0.0701 e. The molecule has 4 nitrogen and oxygen atoms in total. The summed E-state index contributed by atoms with van der Waals surface area (Å²) in [5, 5.41) is 0. The van der Waals surface area contributed by atoms with Crippen LogP contribution in [0.1, 0.15) is 22.3 Å². The normalized spacial score (nSPS) is 12.7. The van der Waals surface area contributed by atoms with Gasteiger partial charge in [0, 0.05) is 13.2 Å². The summed E-state index contributed by atoms with van der Waals surface area (Å²) < 4.78 is 10.5. The molecule has 0 radical (unpaired) electrons. The van der Waals surface area contributed by atoms with Crippen LogP contribution in [-0.2, 0) is 15.9 Å². The van der Waals surface area contributed by atoms with Crippen molar-refractivity contribution in [2.45, 2.75) is 33.2 Å². The molecule has 0 aliphatic rings. The number of hydrazine groups is 1. The van der Waals surface area contributed by atoms with Crippen LogP contribution in [0, 0.1) is 20.8 Å². The molecule has 0 saturated carbocycles. The van der Waals surface area contributed by atoms with Gasteiger partial charge in [0.1, 0.15) is 0 Å². The summed E-state index contributed by atoms with van der Waals surface area (Å²) in [4.78, 5) is 0. The van der Waals surface area contributed by atoms with Crippen molar-refractivity contribution in [2.75, 3.05) is 26.9 Å². The first kappa shape index (κ1) is 16.1. The van der Waals surface area contributed by atoms with Crippen LogP contribution in [0.3, 0.4) is 0 Å². The van der Waals surface area contributed by atoms with Gasteiger partial charge in [-0.1, -0.05) is 17.7 Å². The molecule has 1 atom stereocenters. The topological polar surface area (TPSA) is 56.5 Å². The van der Waals surface area contributed by atoms with E-state index in [1.54, 1.807) is 7.11 Å². The zero-order chi connectivity index (χ0) is 14.3. The van der Waals surface area contributed by atoms with Gasteiger partial charge in [-0.3, -0.25) is 11.3 Å². The molecule has 0 fully saturated rings. The van der Waals surface area contributed by atoms with E-state index in [0.717, 1.165) is 6.42 Å². The zero-order valence-electron chi connectivity index (χ0n) is 12.5. The number of nitrogens with two attached hydrogens (primary N) is 1. The molecule has 19 heavy (non-hydrogen) atoms. The number of hydrogen-bond donors (Lipinski definition) is 2. The molecule has 3 N–H and O–H groups in total. The minimum absolute atomic E-state index is 0.122. The molecular weight excluding hydrogens is 240 g/mol. The van der Waals surface area contributed by atoms with Gasteiger partial charge in [-0.05, 0) is 43.9 Å². The fraction of sp³-hybridized carbons (Fsp3) is 0.600. The first-order valence-electron chi connectivity index (χ1n) is 6.68. The molecule has 1 aromatic carbocycles. The van der Waals surface area contributed by atoms with Gasteiger partial charge in [0.25, 0.3) is 0 Å². The average molecular weight is 266 g/mol. The number of hydrogen-bond acceptors (Lipinski definition) is 4. The summed E-state index contributed by atoms with van der Waals surface area (Å²) in [6.45, 7) is 8.22. The molecule has 0 aromatic heterocycles. The molecule has 0 spiro atoms. The second kappa shape index (κ2) is 8.27. The van der Waals surface area contributed by atoms with E-state index in [1.807, 2.05) is 0 Å². The lowest BCUT2D eigenvalue weighted by Gasteiger charge is -2.19. The fourth-order valence-electron chi connectivity index (χ4n) is 2.31. The van der Waals surface area contributed by atoms with Crippen LogP contribution in [-0.4, -0.2) is 33.0 Å². The highest BCUT2D eigenvalue weighted by Gasteiger charge is 2.12. The smallest absolute Gasteiger partial charge is 0.0701 e. The molecular formula is C15H26N2O2. The van der Waals surface area contributed by atoms with Gasteiger partial charge in [-0.25, -0.2) is 0 Å². The highest BCUT2D eigenvalue weighted by molar-refractivity contribution is 5.38. The number of rotatable bonds is 8. The van der Waals surface area contributed by atoms with E-state index in [9.17, 15) is 0 Å². The van der Waals surface area contributed by atoms with Crippen LogP contribution in [0.4, 0.5) is 0 Å². The maximum absolute atomic E-state index is 5.60. The first-order valence-corrected chi connectivity index (χ1v) is 6.68. The molecule has 0 amide bonds. The molecule has 1 aromatic rings. The Labute approximate surface area is 116 Å². The van der Waals surface area contributed by atoms with Crippen LogP contribution in [0.15, 0.2) is 12.1 Å². The van der Waals surface area contributed by atoms with Crippen molar-refractivity contribution in [1.82, 2.24) is 5.43 Å². The van der Waals surface area contributed by atoms with Crippen LogP contribution in [0.25, 0.3) is 0 Å². The summed E-state index contributed by atoms with van der Waals surface area (Å²) in [6, 6.07) is 4.54. The second-order valence-corrected chi connectivity index (χ2v) is 5.01. The number of nitrogens with one attached hydrogen (secondary N) is 1. The minimum atomic E-state index is 0.122. The van der Waals surface area contributed by atoms with Crippen molar-refractivity contribution in [3.05, 3.63) is 34.4 Å². The van der Waals surface area contributed by atoms with Crippen LogP contribution < -0.4 is 11.3 Å². The lowest BCUT2D eigenvalue weighted by Crippen LogP contribution is -2.40. The Balaban J connectivity index is 2.60. The van der Waals surface area contributed by atoms with Gasteiger partial charge in [0.2, 0.25) is 0 Å². The third kappa shape index (κ3) is 5.28. The molecule has 1 unspecified atom stereocenters. The van der Waals surface area contributed by atoms with E-state index in [1.165, 1.54) is 22.3 Å². The molecule has 0 saturated heterocycles. The summed E-state index contributed by atoms with van der Waals surface area (Å²) in [7, 11) is 1.67. The Morgan fingerprint density at radius 2 is 1.79 bits per heavy atom. The Morgan fingerprint density at radius 1 is 1.16 bits per heavy atom. The lowest BCUT2D eigenvalue weighted by molar-refractivity contribution is 0.0587. The summed E-state index contributed by atoms with van der Waals surface area (Å²) in [5.74, 6) is 5.60. The number of ether oxygens (including phenoxy) is 2. The standard InChI is InChI=1S/C15H26N2O2/c1-11-7-12(2)15(13(3)8-11)9-14(17-16)10-19-6-5-18-4/h7-8,14,17H,5-6,9-10,16H2,1-4H3. The SMILES string of the molecule is COCCOCC(Cc1c(C)cc(C)cc1C)NN. The molecule has 108 valence electrons. The predicted molar refractivity (Wildman–Crippen MR) is 78.2 cm³/mol. The average Bonchev–Trinajstić information content (AvgIpc) is 2.36. The van der Waals surface area contributed by atoms with Crippen molar-refractivity contribution in [3.63, 3.8) is 0 Å². The highest BCUT2D eigenvalue weighted by atomic mass is 16.5. The first-order chi connectivity index (χ1) is 9.08. The summed E-state index contributed by atoms with van der Waals surface area (Å²) in [5.41, 5.74) is 8.11. The summed E-state index contributed by atoms with van der Waals surface area (Å²) >= 11 is 0. The van der Waals surface area contributed by atoms with Gasteiger partial charge in [0.05, 0.1) is 19.8 Å². The van der Waals surface area contributed by atoms with Crippen molar-refractivity contribution in [1.29, 1.82) is 0 Å². The van der Waals surface area contributed by atoms with Gasteiger partial charge in [0.15, 0.2) is 0 Å². The maximum atomic E-state index is 5.60. The molecule has 1 rings (SSSR count). The van der Waals surface area contributed by atoms with Crippen LogP contribution in [0.5, 0.6) is 0 Å². The number of benzene rings is 1. The van der Waals surface area contributed by atoms with Crippen LogP contribution in [0.2, 0.25) is 0 Å². The van der Waals surface area contributed by atoms with Gasteiger partial charge >= 0.3 is 0 Å². The number of methoxy groups -OCH3 is 1. The third-order valence-electron chi connectivity index (χ3n) is 3.28. The molecule has 0 heterocycles. The van der Waals surface area contributed by atoms with Crippen LogP contribution >= 0.6 is 0 Å². The Morgan fingerprint density at radius 3 is 2.32 bits per heavy atom.